The van der Waals surface area contributed by atoms with E-state index in [1.165, 1.54) is 11.1 Å². The average molecular weight is 358 g/mol. The summed E-state index contributed by atoms with van der Waals surface area (Å²) in [6.07, 6.45) is 0.593. The Balaban J connectivity index is 1.75. The van der Waals surface area contributed by atoms with Crippen molar-refractivity contribution in [3.63, 3.8) is 0 Å². The van der Waals surface area contributed by atoms with Crippen LogP contribution in [-0.2, 0) is 5.60 Å². The van der Waals surface area contributed by atoms with Crippen LogP contribution in [-0.4, -0.2) is 11.7 Å². The molecule has 27 heavy (non-hydrogen) atoms. The van der Waals surface area contributed by atoms with Crippen molar-refractivity contribution >= 4 is 0 Å². The molecular weight excluding hydrogens is 332 g/mol. The zero-order valence-corrected chi connectivity index (χ0v) is 15.9. The van der Waals surface area contributed by atoms with Gasteiger partial charge in [-0.15, -0.1) is 0 Å². The minimum atomic E-state index is -1.05. The smallest absolute Gasteiger partial charge is 0.126 e. The van der Waals surface area contributed by atoms with Crippen LogP contribution in [0.2, 0.25) is 0 Å². The molecule has 0 aliphatic carbocycles. The number of fused-ring (bicyclic) bond motifs is 1. The molecule has 1 N–H and O–H groups in total. The summed E-state index contributed by atoms with van der Waals surface area (Å²) < 4.78 is 6.11. The van der Waals surface area contributed by atoms with Gasteiger partial charge in [-0.3, -0.25) is 0 Å². The van der Waals surface area contributed by atoms with Gasteiger partial charge in [0.2, 0.25) is 0 Å². The van der Waals surface area contributed by atoms with Crippen LogP contribution in [0.1, 0.15) is 54.4 Å². The Hall–Kier alpha value is -2.58. The van der Waals surface area contributed by atoms with Gasteiger partial charge in [-0.05, 0) is 29.0 Å². The lowest BCUT2D eigenvalue weighted by atomic mass is 9.77. The summed E-state index contributed by atoms with van der Waals surface area (Å²) in [7, 11) is 0. The van der Waals surface area contributed by atoms with Gasteiger partial charge in [0.25, 0.3) is 0 Å². The van der Waals surface area contributed by atoms with Crippen molar-refractivity contribution in [2.75, 3.05) is 6.61 Å². The Morgan fingerprint density at radius 1 is 0.889 bits per heavy atom. The Kier molecular flexibility index (Phi) is 4.75. The van der Waals surface area contributed by atoms with Crippen LogP contribution < -0.4 is 4.74 Å². The van der Waals surface area contributed by atoms with Crippen molar-refractivity contribution < 1.29 is 9.84 Å². The number of benzene rings is 3. The van der Waals surface area contributed by atoms with Crippen LogP contribution in [0, 0.1) is 0 Å². The SMILES string of the molecule is CC(C)c1cccc2c1OC[C@@H]2CC(O)(c1ccccc1)c1ccccc1. The second kappa shape index (κ2) is 7.21. The van der Waals surface area contributed by atoms with E-state index in [-0.39, 0.29) is 5.92 Å². The van der Waals surface area contributed by atoms with E-state index in [0.29, 0.717) is 18.9 Å². The molecule has 0 bridgehead atoms. The highest BCUT2D eigenvalue weighted by atomic mass is 16.5. The van der Waals surface area contributed by atoms with Gasteiger partial charge >= 0.3 is 0 Å². The van der Waals surface area contributed by atoms with Gasteiger partial charge in [-0.25, -0.2) is 0 Å². The van der Waals surface area contributed by atoms with Crippen molar-refractivity contribution in [1.29, 1.82) is 0 Å². The molecule has 0 aromatic heterocycles. The fraction of sp³-hybridized carbons (Fsp3) is 0.280. The Bertz CT molecular complexity index is 861. The van der Waals surface area contributed by atoms with E-state index in [9.17, 15) is 5.11 Å². The van der Waals surface area contributed by atoms with E-state index < -0.39 is 5.60 Å². The van der Waals surface area contributed by atoms with E-state index in [1.54, 1.807) is 0 Å². The molecule has 0 fully saturated rings. The summed E-state index contributed by atoms with van der Waals surface area (Å²) >= 11 is 0. The maximum Gasteiger partial charge on any atom is 0.126 e. The maximum atomic E-state index is 11.9. The minimum Gasteiger partial charge on any atom is -0.492 e. The maximum absolute atomic E-state index is 11.9. The van der Waals surface area contributed by atoms with Crippen molar-refractivity contribution in [2.45, 2.75) is 37.7 Å². The molecule has 4 rings (SSSR count). The minimum absolute atomic E-state index is 0.157. The number of hydrogen-bond donors (Lipinski definition) is 1. The lowest BCUT2D eigenvalue weighted by Gasteiger charge is -2.31. The van der Waals surface area contributed by atoms with Crippen molar-refractivity contribution in [1.82, 2.24) is 0 Å². The summed E-state index contributed by atoms with van der Waals surface area (Å²) in [6.45, 7) is 4.99. The highest BCUT2D eigenvalue weighted by Crippen LogP contribution is 2.46. The highest BCUT2D eigenvalue weighted by molar-refractivity contribution is 5.49. The zero-order chi connectivity index (χ0) is 18.9. The van der Waals surface area contributed by atoms with Crippen LogP contribution in [0.15, 0.2) is 78.9 Å². The van der Waals surface area contributed by atoms with Gasteiger partial charge in [0.1, 0.15) is 11.4 Å². The summed E-state index contributed by atoms with van der Waals surface area (Å²) in [6, 6.07) is 26.3. The fourth-order valence-corrected chi connectivity index (χ4v) is 4.15. The first-order chi connectivity index (χ1) is 13.1. The van der Waals surface area contributed by atoms with Crippen molar-refractivity contribution in [3.05, 3.63) is 101 Å². The van der Waals surface area contributed by atoms with E-state index >= 15 is 0 Å². The van der Waals surface area contributed by atoms with Crippen LogP contribution in [0.25, 0.3) is 0 Å². The Morgan fingerprint density at radius 3 is 2.04 bits per heavy atom. The second-order valence-electron chi connectivity index (χ2n) is 7.72. The van der Waals surface area contributed by atoms with Gasteiger partial charge in [-0.1, -0.05) is 92.7 Å². The number of aliphatic hydroxyl groups is 1. The summed E-state index contributed by atoms with van der Waals surface area (Å²) in [4.78, 5) is 0. The number of para-hydroxylation sites is 1. The van der Waals surface area contributed by atoms with Gasteiger partial charge in [0, 0.05) is 11.5 Å². The third kappa shape index (κ3) is 3.26. The van der Waals surface area contributed by atoms with Crippen LogP contribution in [0.4, 0.5) is 0 Å². The molecule has 3 aromatic carbocycles. The molecule has 1 heterocycles. The topological polar surface area (TPSA) is 29.5 Å². The van der Waals surface area contributed by atoms with Crippen molar-refractivity contribution in [3.8, 4) is 5.75 Å². The van der Waals surface area contributed by atoms with Gasteiger partial charge in [0.05, 0.1) is 6.61 Å². The lowest BCUT2D eigenvalue weighted by molar-refractivity contribution is 0.0599. The molecule has 3 aromatic rings. The Morgan fingerprint density at radius 2 is 1.48 bits per heavy atom. The molecule has 0 amide bonds. The van der Waals surface area contributed by atoms with Gasteiger partial charge in [0.15, 0.2) is 0 Å². The number of ether oxygens (including phenoxy) is 1. The standard InChI is InChI=1S/C25H26O2/c1-18(2)22-14-9-15-23-19(17-27-24(22)23)16-25(26,20-10-5-3-6-11-20)21-12-7-4-8-13-21/h3-15,18-19,26H,16-17H2,1-2H3/t19-/m0/s1. The summed E-state index contributed by atoms with van der Waals surface area (Å²) in [5, 5.41) is 11.9. The third-order valence-electron chi connectivity index (χ3n) is 5.61. The number of rotatable bonds is 5. The normalized spacial score (nSPS) is 16.2. The first-order valence-electron chi connectivity index (χ1n) is 9.68. The molecule has 1 atom stereocenters. The van der Waals surface area contributed by atoms with Crippen LogP contribution in [0.3, 0.4) is 0 Å². The first-order valence-corrected chi connectivity index (χ1v) is 9.68. The zero-order valence-electron chi connectivity index (χ0n) is 15.9. The van der Waals surface area contributed by atoms with Gasteiger partial charge < -0.3 is 9.84 Å². The first kappa shape index (κ1) is 17.8. The fourth-order valence-electron chi connectivity index (χ4n) is 4.15. The van der Waals surface area contributed by atoms with E-state index in [2.05, 4.69) is 32.0 Å². The summed E-state index contributed by atoms with van der Waals surface area (Å²) in [5.74, 6) is 1.59. The monoisotopic (exact) mass is 358 g/mol. The molecule has 0 spiro atoms. The molecule has 1 aliphatic heterocycles. The van der Waals surface area contributed by atoms with Crippen LogP contribution in [0.5, 0.6) is 5.75 Å². The molecule has 1 aliphatic rings. The molecule has 2 heteroatoms. The lowest BCUT2D eigenvalue weighted by Crippen LogP contribution is -2.30. The molecule has 138 valence electrons. The third-order valence-corrected chi connectivity index (χ3v) is 5.61. The molecule has 0 saturated heterocycles. The van der Waals surface area contributed by atoms with Crippen molar-refractivity contribution in [2.24, 2.45) is 0 Å². The predicted octanol–water partition coefficient (Wildman–Crippen LogP) is 5.61. The van der Waals surface area contributed by atoms with E-state index in [4.69, 9.17) is 4.74 Å². The average Bonchev–Trinajstić information content (AvgIpc) is 3.12. The highest BCUT2D eigenvalue weighted by Gasteiger charge is 2.38. The van der Waals surface area contributed by atoms with Gasteiger partial charge in [-0.2, -0.15) is 0 Å². The summed E-state index contributed by atoms with van der Waals surface area (Å²) in [5.41, 5.74) is 3.25. The number of hydrogen-bond acceptors (Lipinski definition) is 2. The van der Waals surface area contributed by atoms with Crippen LogP contribution >= 0.6 is 0 Å². The molecule has 0 radical (unpaired) electrons. The molecule has 0 saturated carbocycles. The molecular formula is C25H26O2. The quantitative estimate of drug-likeness (QED) is 0.642. The van der Waals surface area contributed by atoms with E-state index in [1.807, 2.05) is 60.7 Å². The molecule has 2 nitrogen and oxygen atoms in total. The van der Waals surface area contributed by atoms with E-state index in [0.717, 1.165) is 16.9 Å². The second-order valence-corrected chi connectivity index (χ2v) is 7.72. The largest absolute Gasteiger partial charge is 0.492 e. The predicted molar refractivity (Wildman–Crippen MR) is 109 cm³/mol. The molecule has 0 unspecified atom stereocenters. The Labute approximate surface area is 161 Å².